The van der Waals surface area contributed by atoms with Crippen molar-refractivity contribution in [3.05, 3.63) is 59.1 Å². The quantitative estimate of drug-likeness (QED) is 0.504. The summed E-state index contributed by atoms with van der Waals surface area (Å²) in [5.74, 6) is 1.15. The number of benzene rings is 2. The van der Waals surface area contributed by atoms with Crippen LogP contribution in [0.4, 0.5) is 5.69 Å². The smallest absolute Gasteiger partial charge is 0.234 e. The molecular formula is C20H20N2O2S3. The van der Waals surface area contributed by atoms with Gasteiger partial charge in [0.15, 0.2) is 4.34 Å². The summed E-state index contributed by atoms with van der Waals surface area (Å²) in [5.41, 5.74) is 2.92. The maximum Gasteiger partial charge on any atom is 0.234 e. The molecule has 1 N–H and O–H groups in total. The Morgan fingerprint density at radius 1 is 1.15 bits per heavy atom. The molecule has 140 valence electrons. The number of ether oxygens (including phenoxy) is 1. The van der Waals surface area contributed by atoms with E-state index in [9.17, 15) is 4.79 Å². The van der Waals surface area contributed by atoms with Crippen LogP contribution in [0.25, 0.3) is 0 Å². The van der Waals surface area contributed by atoms with Gasteiger partial charge in [-0.15, -0.1) is 23.1 Å². The van der Waals surface area contributed by atoms with E-state index in [0.29, 0.717) is 5.75 Å². The van der Waals surface area contributed by atoms with Crippen LogP contribution in [0.3, 0.4) is 0 Å². The first kappa shape index (κ1) is 19.8. The van der Waals surface area contributed by atoms with E-state index in [1.54, 1.807) is 30.2 Å². The highest BCUT2D eigenvalue weighted by Crippen LogP contribution is 2.32. The number of methoxy groups -OCH3 is 1. The summed E-state index contributed by atoms with van der Waals surface area (Å²) in [4.78, 5) is 18.9. The number of thiazole rings is 1. The zero-order valence-corrected chi connectivity index (χ0v) is 17.8. The third-order valence-corrected chi connectivity index (χ3v) is 6.76. The minimum absolute atomic E-state index is 0.0186. The molecule has 2 aromatic carbocycles. The second-order valence-electron chi connectivity index (χ2n) is 5.85. The van der Waals surface area contributed by atoms with E-state index in [-0.39, 0.29) is 5.91 Å². The van der Waals surface area contributed by atoms with Gasteiger partial charge >= 0.3 is 0 Å². The number of hydrogen-bond acceptors (Lipinski definition) is 6. The van der Waals surface area contributed by atoms with E-state index in [4.69, 9.17) is 4.74 Å². The first-order chi connectivity index (χ1) is 13.0. The molecule has 1 amide bonds. The Kier molecular flexibility index (Phi) is 6.82. The maximum atomic E-state index is 12.3. The lowest BCUT2D eigenvalue weighted by molar-refractivity contribution is -0.113. The minimum atomic E-state index is -0.0186. The van der Waals surface area contributed by atoms with Gasteiger partial charge in [-0.1, -0.05) is 11.8 Å². The molecule has 1 heterocycles. The Balaban J connectivity index is 1.55. The fraction of sp³-hybridized carbons (Fsp3) is 0.200. The van der Waals surface area contributed by atoms with Crippen LogP contribution in [-0.4, -0.2) is 23.8 Å². The second kappa shape index (κ2) is 9.30. The Morgan fingerprint density at radius 2 is 1.89 bits per heavy atom. The Labute approximate surface area is 171 Å². The summed E-state index contributed by atoms with van der Waals surface area (Å²) in [7, 11) is 1.64. The van der Waals surface area contributed by atoms with Crippen LogP contribution in [0.1, 0.15) is 11.3 Å². The Morgan fingerprint density at radius 3 is 2.52 bits per heavy atom. The lowest BCUT2D eigenvalue weighted by Gasteiger charge is -2.10. The van der Waals surface area contributed by atoms with Crippen LogP contribution in [-0.2, 0) is 4.79 Å². The molecule has 4 nitrogen and oxygen atoms in total. The number of carbonyl (C=O) groups is 1. The highest BCUT2D eigenvalue weighted by atomic mass is 32.2. The van der Waals surface area contributed by atoms with Gasteiger partial charge in [-0.2, -0.15) is 0 Å². The molecule has 0 aliphatic rings. The average Bonchev–Trinajstić information content (AvgIpc) is 3.07. The topological polar surface area (TPSA) is 51.2 Å². The fourth-order valence-corrected chi connectivity index (χ4v) is 4.93. The first-order valence-corrected chi connectivity index (χ1v) is 11.0. The third-order valence-electron chi connectivity index (χ3n) is 3.70. The predicted molar refractivity (Wildman–Crippen MR) is 115 cm³/mol. The minimum Gasteiger partial charge on any atom is -0.497 e. The number of anilines is 1. The van der Waals surface area contributed by atoms with Gasteiger partial charge < -0.3 is 10.1 Å². The van der Waals surface area contributed by atoms with Crippen LogP contribution >= 0.6 is 34.9 Å². The lowest BCUT2D eigenvalue weighted by Crippen LogP contribution is -2.14. The molecule has 7 heteroatoms. The van der Waals surface area contributed by atoms with Crippen molar-refractivity contribution in [1.29, 1.82) is 0 Å². The largest absolute Gasteiger partial charge is 0.497 e. The third kappa shape index (κ3) is 5.76. The number of carbonyl (C=O) groups excluding carboxylic acids is 1. The number of thioether (sulfide) groups is 1. The van der Waals surface area contributed by atoms with Crippen LogP contribution < -0.4 is 10.1 Å². The van der Waals surface area contributed by atoms with Gasteiger partial charge in [0, 0.05) is 26.6 Å². The fourth-order valence-electron chi connectivity index (χ4n) is 2.33. The number of hydrogen-bond donors (Lipinski definition) is 1. The van der Waals surface area contributed by atoms with Crippen molar-refractivity contribution in [1.82, 2.24) is 4.98 Å². The van der Waals surface area contributed by atoms with E-state index in [2.05, 4.69) is 16.4 Å². The van der Waals surface area contributed by atoms with Gasteiger partial charge in [0.2, 0.25) is 5.91 Å². The molecule has 0 spiro atoms. The zero-order valence-electron chi connectivity index (χ0n) is 15.3. The van der Waals surface area contributed by atoms with Crippen molar-refractivity contribution in [3.8, 4) is 5.75 Å². The van der Waals surface area contributed by atoms with Gasteiger partial charge in [-0.05, 0) is 61.9 Å². The van der Waals surface area contributed by atoms with Gasteiger partial charge in [0.05, 0.1) is 12.9 Å². The highest BCUT2D eigenvalue weighted by Gasteiger charge is 2.08. The average molecular weight is 417 g/mol. The van der Waals surface area contributed by atoms with E-state index in [1.807, 2.05) is 55.6 Å². The second-order valence-corrected chi connectivity index (χ2v) is 9.07. The summed E-state index contributed by atoms with van der Waals surface area (Å²) in [6, 6.07) is 13.7. The molecule has 3 rings (SSSR count). The van der Waals surface area contributed by atoms with Crippen LogP contribution in [0.2, 0.25) is 0 Å². The highest BCUT2D eigenvalue weighted by molar-refractivity contribution is 8.01. The summed E-state index contributed by atoms with van der Waals surface area (Å²) >= 11 is 4.79. The number of nitrogens with zero attached hydrogens (tertiary/aromatic N) is 1. The maximum absolute atomic E-state index is 12.3. The van der Waals surface area contributed by atoms with Gasteiger partial charge in [0.1, 0.15) is 5.75 Å². The van der Waals surface area contributed by atoms with E-state index in [0.717, 1.165) is 36.8 Å². The van der Waals surface area contributed by atoms with E-state index >= 15 is 0 Å². The molecule has 27 heavy (non-hydrogen) atoms. The zero-order chi connectivity index (χ0) is 19.2. The van der Waals surface area contributed by atoms with Crippen molar-refractivity contribution < 1.29 is 9.53 Å². The van der Waals surface area contributed by atoms with Crippen molar-refractivity contribution in [2.75, 3.05) is 18.2 Å². The van der Waals surface area contributed by atoms with Gasteiger partial charge in [-0.3, -0.25) is 4.79 Å². The Hall–Kier alpha value is -1.96. The molecule has 0 radical (unpaired) electrons. The van der Waals surface area contributed by atoms with Crippen LogP contribution in [0.5, 0.6) is 5.75 Å². The summed E-state index contributed by atoms with van der Waals surface area (Å²) in [5, 5.41) is 5.04. The number of nitrogens with one attached hydrogen (secondary N) is 1. The van der Waals surface area contributed by atoms with E-state index in [1.165, 1.54) is 11.8 Å². The molecule has 0 saturated carbocycles. The number of aryl methyl sites for hydroxylation is 2. The van der Waals surface area contributed by atoms with Crippen LogP contribution in [0.15, 0.2) is 62.0 Å². The first-order valence-electron chi connectivity index (χ1n) is 8.31. The van der Waals surface area contributed by atoms with Crippen molar-refractivity contribution in [3.63, 3.8) is 0 Å². The SMILES string of the molecule is COc1ccc(SCC(=O)Nc2ccc(Sc3nc(C)cs3)cc2C)cc1. The molecule has 0 bridgehead atoms. The summed E-state index contributed by atoms with van der Waals surface area (Å²) in [6.45, 7) is 4.00. The lowest BCUT2D eigenvalue weighted by atomic mass is 10.2. The van der Waals surface area contributed by atoms with Crippen LogP contribution in [0, 0.1) is 13.8 Å². The van der Waals surface area contributed by atoms with Gasteiger partial charge in [-0.25, -0.2) is 4.98 Å². The van der Waals surface area contributed by atoms with E-state index < -0.39 is 0 Å². The number of rotatable bonds is 7. The molecule has 0 atom stereocenters. The molecule has 0 fully saturated rings. The summed E-state index contributed by atoms with van der Waals surface area (Å²) < 4.78 is 6.17. The van der Waals surface area contributed by atoms with Crippen molar-refractivity contribution >= 4 is 46.5 Å². The molecule has 0 aliphatic heterocycles. The summed E-state index contributed by atoms with van der Waals surface area (Å²) in [6.07, 6.45) is 0. The molecule has 0 unspecified atom stereocenters. The van der Waals surface area contributed by atoms with Crippen molar-refractivity contribution in [2.45, 2.75) is 28.0 Å². The standard InChI is InChI=1S/C20H20N2O2S3/c1-13-10-17(27-20-21-14(2)11-26-20)8-9-18(13)22-19(23)12-25-16-6-4-15(24-3)5-7-16/h4-11H,12H2,1-3H3,(H,22,23). The molecule has 0 saturated heterocycles. The monoisotopic (exact) mass is 416 g/mol. The van der Waals surface area contributed by atoms with Crippen molar-refractivity contribution in [2.24, 2.45) is 0 Å². The van der Waals surface area contributed by atoms with Gasteiger partial charge in [0.25, 0.3) is 0 Å². The molecular weight excluding hydrogens is 396 g/mol. The Bertz CT molecular complexity index is 923. The predicted octanol–water partition coefficient (Wildman–Crippen LogP) is 5.65. The molecule has 1 aromatic heterocycles. The molecule has 0 aliphatic carbocycles. The normalized spacial score (nSPS) is 10.6. The molecule has 3 aromatic rings. The number of amides is 1. The number of aromatic nitrogens is 1.